The van der Waals surface area contributed by atoms with E-state index >= 15 is 0 Å². The Bertz CT molecular complexity index is 711. The van der Waals surface area contributed by atoms with Crippen molar-refractivity contribution in [3.8, 4) is 0 Å². The number of anilines is 1. The van der Waals surface area contributed by atoms with Crippen LogP contribution in [0.2, 0.25) is 0 Å². The van der Waals surface area contributed by atoms with E-state index in [0.29, 0.717) is 11.3 Å². The zero-order valence-corrected chi connectivity index (χ0v) is 15.0. The second-order valence-corrected chi connectivity index (χ2v) is 8.35. The molecule has 3 rings (SSSR count). The van der Waals surface area contributed by atoms with E-state index in [1.54, 1.807) is 38.1 Å². The van der Waals surface area contributed by atoms with Crippen LogP contribution in [0, 0.1) is 0 Å². The van der Waals surface area contributed by atoms with Gasteiger partial charge in [0.2, 0.25) is 0 Å². The zero-order chi connectivity index (χ0) is 17.3. The van der Waals surface area contributed by atoms with E-state index in [1.165, 1.54) is 10.7 Å². The summed E-state index contributed by atoms with van der Waals surface area (Å²) in [5, 5.41) is 0. The minimum atomic E-state index is -3.93. The van der Waals surface area contributed by atoms with Crippen LogP contribution in [0.4, 0.5) is 5.69 Å². The van der Waals surface area contributed by atoms with Gasteiger partial charge in [-0.2, -0.15) is 8.42 Å². The fraction of sp³-hybridized carbons (Fsp3) is 0.588. The quantitative estimate of drug-likeness (QED) is 0.836. The third kappa shape index (κ3) is 3.02. The number of ether oxygens (including phenoxy) is 1. The van der Waals surface area contributed by atoms with Crippen molar-refractivity contribution in [2.24, 2.45) is 0 Å². The highest BCUT2D eigenvalue weighted by Gasteiger charge is 2.43. The molecule has 7 heteroatoms. The fourth-order valence-electron chi connectivity index (χ4n) is 3.37. The SMILES string of the molecule is CC(C)N1C(=O)c2ccccc2N(COC2CCCCC2)S1(=O)=O. The van der Waals surface area contributed by atoms with Gasteiger partial charge in [0, 0.05) is 6.04 Å². The summed E-state index contributed by atoms with van der Waals surface area (Å²) in [6.07, 6.45) is 5.45. The van der Waals surface area contributed by atoms with Crippen molar-refractivity contribution in [3.05, 3.63) is 29.8 Å². The summed E-state index contributed by atoms with van der Waals surface area (Å²) in [6, 6.07) is 6.35. The van der Waals surface area contributed by atoms with E-state index in [2.05, 4.69) is 0 Å². The summed E-state index contributed by atoms with van der Waals surface area (Å²) in [6.45, 7) is 3.34. The van der Waals surface area contributed by atoms with Gasteiger partial charge < -0.3 is 4.74 Å². The summed E-state index contributed by atoms with van der Waals surface area (Å²) >= 11 is 0. The van der Waals surface area contributed by atoms with E-state index in [0.717, 1.165) is 30.0 Å². The average molecular weight is 352 g/mol. The molecule has 0 aromatic heterocycles. The molecule has 1 aliphatic carbocycles. The minimum Gasteiger partial charge on any atom is -0.357 e. The largest absolute Gasteiger partial charge is 0.357 e. The molecule has 1 aromatic rings. The number of carbonyl (C=O) groups is 1. The van der Waals surface area contributed by atoms with Crippen molar-refractivity contribution in [1.29, 1.82) is 0 Å². The first-order valence-corrected chi connectivity index (χ1v) is 9.89. The second kappa shape index (κ2) is 6.72. The van der Waals surface area contributed by atoms with Crippen molar-refractivity contribution < 1.29 is 17.9 Å². The Morgan fingerprint density at radius 2 is 1.83 bits per heavy atom. The summed E-state index contributed by atoms with van der Waals surface area (Å²) in [5.74, 6) is -0.477. The predicted octanol–water partition coefficient (Wildman–Crippen LogP) is 2.91. The Balaban J connectivity index is 1.92. The van der Waals surface area contributed by atoms with Crippen LogP contribution in [0.25, 0.3) is 0 Å². The molecular formula is C17H24N2O4S. The maximum atomic E-state index is 13.0. The maximum absolute atomic E-state index is 13.0. The first kappa shape index (κ1) is 17.2. The van der Waals surface area contributed by atoms with E-state index < -0.39 is 22.2 Å². The van der Waals surface area contributed by atoms with E-state index in [4.69, 9.17) is 4.74 Å². The Kier molecular flexibility index (Phi) is 4.83. The van der Waals surface area contributed by atoms with Crippen LogP contribution >= 0.6 is 0 Å². The Labute approximate surface area is 143 Å². The lowest BCUT2D eigenvalue weighted by atomic mass is 9.98. The lowest BCUT2D eigenvalue weighted by Gasteiger charge is -2.39. The van der Waals surface area contributed by atoms with Gasteiger partial charge in [-0.3, -0.25) is 4.79 Å². The summed E-state index contributed by atoms with van der Waals surface area (Å²) < 4.78 is 34.0. The number of para-hydroxylation sites is 1. The van der Waals surface area contributed by atoms with Gasteiger partial charge in [0.25, 0.3) is 5.91 Å². The van der Waals surface area contributed by atoms with Crippen molar-refractivity contribution in [2.45, 2.75) is 58.1 Å². The van der Waals surface area contributed by atoms with Gasteiger partial charge in [0.15, 0.2) is 0 Å². The van der Waals surface area contributed by atoms with Crippen LogP contribution in [0.3, 0.4) is 0 Å². The zero-order valence-electron chi connectivity index (χ0n) is 14.1. The van der Waals surface area contributed by atoms with Crippen LogP contribution in [-0.4, -0.2) is 37.5 Å². The van der Waals surface area contributed by atoms with Gasteiger partial charge in [-0.05, 0) is 38.8 Å². The number of hydrogen-bond donors (Lipinski definition) is 0. The van der Waals surface area contributed by atoms with Crippen LogP contribution in [0.1, 0.15) is 56.3 Å². The number of fused-ring (bicyclic) bond motifs is 1. The van der Waals surface area contributed by atoms with Crippen LogP contribution in [0.5, 0.6) is 0 Å². The second-order valence-electron chi connectivity index (χ2n) is 6.62. The molecule has 1 aliphatic heterocycles. The molecule has 132 valence electrons. The minimum absolute atomic E-state index is 0.0550. The van der Waals surface area contributed by atoms with Crippen LogP contribution in [-0.2, 0) is 14.9 Å². The van der Waals surface area contributed by atoms with Gasteiger partial charge >= 0.3 is 10.2 Å². The highest BCUT2D eigenvalue weighted by atomic mass is 32.2. The van der Waals surface area contributed by atoms with Gasteiger partial charge in [0.1, 0.15) is 6.73 Å². The third-order valence-electron chi connectivity index (χ3n) is 4.58. The lowest BCUT2D eigenvalue weighted by Crippen LogP contribution is -2.54. The monoisotopic (exact) mass is 352 g/mol. The molecule has 6 nitrogen and oxygen atoms in total. The Morgan fingerprint density at radius 1 is 1.17 bits per heavy atom. The van der Waals surface area contributed by atoms with E-state index in [1.807, 2.05) is 0 Å². The van der Waals surface area contributed by atoms with Crippen molar-refractivity contribution in [2.75, 3.05) is 11.0 Å². The molecule has 0 atom stereocenters. The molecule has 1 aromatic carbocycles. The number of nitrogens with zero attached hydrogens (tertiary/aromatic N) is 2. The summed E-state index contributed by atoms with van der Waals surface area (Å²) in [5.41, 5.74) is 0.795. The summed E-state index contributed by atoms with van der Waals surface area (Å²) in [7, 11) is -3.93. The standard InChI is InChI=1S/C17H24N2O4S/c1-13(2)19-17(20)15-10-6-7-11-16(15)18(24(19,21)22)12-23-14-8-4-3-5-9-14/h6-7,10-11,13-14H,3-5,8-9,12H2,1-2H3. The highest BCUT2D eigenvalue weighted by Crippen LogP contribution is 2.33. The van der Waals surface area contributed by atoms with Gasteiger partial charge in [-0.15, -0.1) is 0 Å². The number of amides is 1. The average Bonchev–Trinajstić information content (AvgIpc) is 2.55. The molecule has 2 aliphatic rings. The number of rotatable bonds is 4. The molecule has 0 unspecified atom stereocenters. The van der Waals surface area contributed by atoms with Gasteiger partial charge in [-0.1, -0.05) is 31.4 Å². The smallest absolute Gasteiger partial charge is 0.331 e. The van der Waals surface area contributed by atoms with Crippen molar-refractivity contribution in [1.82, 2.24) is 4.31 Å². The molecule has 0 bridgehead atoms. The summed E-state index contributed by atoms with van der Waals surface area (Å²) in [4.78, 5) is 12.6. The molecule has 0 N–H and O–H groups in total. The number of hydrogen-bond acceptors (Lipinski definition) is 4. The van der Waals surface area contributed by atoms with Crippen molar-refractivity contribution in [3.63, 3.8) is 0 Å². The lowest BCUT2D eigenvalue weighted by molar-refractivity contribution is 0.0335. The van der Waals surface area contributed by atoms with Gasteiger partial charge in [0.05, 0.1) is 17.4 Å². The Morgan fingerprint density at radius 3 is 2.50 bits per heavy atom. The van der Waals surface area contributed by atoms with Crippen LogP contribution < -0.4 is 4.31 Å². The number of benzene rings is 1. The third-order valence-corrected chi connectivity index (χ3v) is 6.52. The Hall–Kier alpha value is -1.60. The molecular weight excluding hydrogens is 328 g/mol. The molecule has 1 fully saturated rings. The molecule has 1 amide bonds. The van der Waals surface area contributed by atoms with Crippen LogP contribution in [0.15, 0.2) is 24.3 Å². The first-order valence-electron chi connectivity index (χ1n) is 8.50. The topological polar surface area (TPSA) is 66.9 Å². The molecule has 1 saturated carbocycles. The van der Waals surface area contributed by atoms with Gasteiger partial charge in [-0.25, -0.2) is 8.61 Å². The molecule has 1 heterocycles. The van der Waals surface area contributed by atoms with Crippen molar-refractivity contribution >= 4 is 21.8 Å². The molecule has 24 heavy (non-hydrogen) atoms. The number of carbonyl (C=O) groups excluding carboxylic acids is 1. The predicted molar refractivity (Wildman–Crippen MR) is 92.0 cm³/mol. The molecule has 0 radical (unpaired) electrons. The normalized spacial score (nSPS) is 21.2. The molecule has 0 spiro atoms. The highest BCUT2D eigenvalue weighted by molar-refractivity contribution is 7.91. The van der Waals surface area contributed by atoms with E-state index in [9.17, 15) is 13.2 Å². The maximum Gasteiger partial charge on any atom is 0.331 e. The first-order chi connectivity index (χ1) is 11.4. The fourth-order valence-corrected chi connectivity index (χ4v) is 5.02. The molecule has 0 saturated heterocycles. The van der Waals surface area contributed by atoms with E-state index in [-0.39, 0.29) is 12.8 Å².